The van der Waals surface area contributed by atoms with E-state index in [4.69, 9.17) is 5.11 Å². The molecule has 4 nitrogen and oxygen atoms in total. The third-order valence-corrected chi connectivity index (χ3v) is 2.36. The largest absolute Gasteiger partial charge is 0.396 e. The van der Waals surface area contributed by atoms with Crippen molar-refractivity contribution in [2.24, 2.45) is 0 Å². The highest BCUT2D eigenvalue weighted by Crippen LogP contribution is 1.96. The molecule has 0 aliphatic carbocycles. The summed E-state index contributed by atoms with van der Waals surface area (Å²) in [6.07, 6.45) is 0.183. The Bertz CT molecular complexity index is 149. The first-order valence-electron chi connectivity index (χ1n) is 2.29. The third kappa shape index (κ3) is 4.71. The molecule has 0 amide bonds. The molecule has 0 rings (SSSR count). The smallest absolute Gasteiger partial charge is 0.277 e. The SMILES string of the molecule is O=S(=O)(CCCO)OS. The van der Waals surface area contributed by atoms with E-state index in [1.165, 1.54) is 0 Å². The van der Waals surface area contributed by atoms with Crippen LogP contribution < -0.4 is 0 Å². The van der Waals surface area contributed by atoms with Gasteiger partial charge in [0.2, 0.25) is 0 Å². The molecule has 0 aromatic heterocycles. The van der Waals surface area contributed by atoms with Gasteiger partial charge in [-0.3, -0.25) is 0 Å². The highest BCUT2D eigenvalue weighted by molar-refractivity contribution is 7.95. The van der Waals surface area contributed by atoms with Crippen LogP contribution in [-0.4, -0.2) is 25.9 Å². The van der Waals surface area contributed by atoms with Gasteiger partial charge in [0.1, 0.15) is 0 Å². The number of thiol groups is 1. The van der Waals surface area contributed by atoms with Gasteiger partial charge in [-0.15, -0.1) is 0 Å². The number of rotatable bonds is 4. The van der Waals surface area contributed by atoms with E-state index in [-0.39, 0.29) is 18.8 Å². The first-order valence-corrected chi connectivity index (χ1v) is 4.23. The van der Waals surface area contributed by atoms with Crippen molar-refractivity contribution < 1.29 is 17.2 Å². The maximum Gasteiger partial charge on any atom is 0.277 e. The lowest BCUT2D eigenvalue weighted by Crippen LogP contribution is -2.06. The lowest BCUT2D eigenvalue weighted by Gasteiger charge is -1.95. The average Bonchev–Trinajstić information content (AvgIpc) is 1.84. The molecule has 0 aromatic rings. The van der Waals surface area contributed by atoms with Gasteiger partial charge in [0.05, 0.1) is 5.75 Å². The molecule has 0 radical (unpaired) electrons. The van der Waals surface area contributed by atoms with Gasteiger partial charge in [-0.1, -0.05) is 0 Å². The Balaban J connectivity index is 3.61. The topological polar surface area (TPSA) is 63.6 Å². The lowest BCUT2D eigenvalue weighted by atomic mass is 10.5. The molecule has 0 bridgehead atoms. The fraction of sp³-hybridized carbons (Fsp3) is 1.00. The summed E-state index contributed by atoms with van der Waals surface area (Å²) in [5.74, 6) is -0.188. The molecule has 0 saturated heterocycles. The summed E-state index contributed by atoms with van der Waals surface area (Å²) in [5, 5.41) is 8.18. The summed E-state index contributed by atoms with van der Waals surface area (Å²) < 4.78 is 24.5. The molecular formula is C3H8O4S2. The zero-order valence-corrected chi connectivity index (χ0v) is 6.36. The highest BCUT2D eigenvalue weighted by Gasteiger charge is 2.06. The van der Waals surface area contributed by atoms with Crippen molar-refractivity contribution in [3.63, 3.8) is 0 Å². The minimum atomic E-state index is -3.48. The zero-order valence-electron chi connectivity index (χ0n) is 4.65. The summed E-state index contributed by atoms with van der Waals surface area (Å²) in [5.41, 5.74) is 0. The maximum absolute atomic E-state index is 10.3. The van der Waals surface area contributed by atoms with Crippen molar-refractivity contribution in [2.45, 2.75) is 6.42 Å². The van der Waals surface area contributed by atoms with Crippen molar-refractivity contribution >= 4 is 23.0 Å². The Morgan fingerprint density at radius 2 is 2.11 bits per heavy atom. The van der Waals surface area contributed by atoms with Crippen LogP contribution in [0.1, 0.15) is 6.42 Å². The number of aliphatic hydroxyl groups excluding tert-OH is 1. The van der Waals surface area contributed by atoms with E-state index in [1.807, 2.05) is 0 Å². The van der Waals surface area contributed by atoms with Crippen LogP contribution in [-0.2, 0) is 13.7 Å². The van der Waals surface area contributed by atoms with Crippen LogP contribution >= 0.6 is 12.9 Å². The van der Waals surface area contributed by atoms with E-state index in [0.717, 1.165) is 0 Å². The monoisotopic (exact) mass is 172 g/mol. The van der Waals surface area contributed by atoms with E-state index < -0.39 is 10.1 Å². The van der Waals surface area contributed by atoms with Crippen LogP contribution in [0.5, 0.6) is 0 Å². The van der Waals surface area contributed by atoms with Gasteiger partial charge < -0.3 is 5.11 Å². The van der Waals surface area contributed by atoms with E-state index in [2.05, 4.69) is 16.5 Å². The Kier molecular flexibility index (Phi) is 4.20. The standard InChI is InChI=1S/C3H8O4S2/c4-2-1-3-9(5,6)7-8/h4,8H,1-3H2. The van der Waals surface area contributed by atoms with Crippen molar-refractivity contribution in [1.82, 2.24) is 0 Å². The minimum Gasteiger partial charge on any atom is -0.396 e. The molecule has 0 fully saturated rings. The molecular weight excluding hydrogens is 164 g/mol. The third-order valence-electron chi connectivity index (χ3n) is 0.666. The number of hydrogen-bond acceptors (Lipinski definition) is 5. The van der Waals surface area contributed by atoms with Crippen LogP contribution in [0.2, 0.25) is 0 Å². The minimum absolute atomic E-state index is 0.156. The molecule has 6 heteroatoms. The molecule has 0 atom stereocenters. The summed E-state index contributed by atoms with van der Waals surface area (Å²) >= 11 is 3.10. The normalized spacial score (nSPS) is 11.8. The first kappa shape index (κ1) is 9.22. The Labute approximate surface area is 59.6 Å². The second-order valence-corrected chi connectivity index (χ2v) is 3.53. The van der Waals surface area contributed by atoms with Crippen molar-refractivity contribution in [3.8, 4) is 0 Å². The van der Waals surface area contributed by atoms with E-state index >= 15 is 0 Å². The fourth-order valence-corrected chi connectivity index (χ4v) is 1.06. The molecule has 56 valence electrons. The Morgan fingerprint density at radius 3 is 2.44 bits per heavy atom. The first-order chi connectivity index (χ1) is 4.12. The number of aliphatic hydroxyl groups is 1. The van der Waals surface area contributed by atoms with E-state index in [9.17, 15) is 8.42 Å². The predicted octanol–water partition coefficient (Wildman–Crippen LogP) is -0.440. The average molecular weight is 172 g/mol. The molecule has 0 spiro atoms. The van der Waals surface area contributed by atoms with Gasteiger partial charge in [-0.2, -0.15) is 8.42 Å². The van der Waals surface area contributed by atoms with Gasteiger partial charge in [0.15, 0.2) is 0 Å². The lowest BCUT2D eigenvalue weighted by molar-refractivity contribution is 0.294. The fourth-order valence-electron chi connectivity index (χ4n) is 0.279. The van der Waals surface area contributed by atoms with Crippen LogP contribution in [0.3, 0.4) is 0 Å². The zero-order chi connectivity index (χ0) is 7.33. The Morgan fingerprint density at radius 1 is 1.56 bits per heavy atom. The second kappa shape index (κ2) is 4.10. The summed E-state index contributed by atoms with van der Waals surface area (Å²) in [6.45, 7) is -0.156. The predicted molar refractivity (Wildman–Crippen MR) is 35.6 cm³/mol. The van der Waals surface area contributed by atoms with Crippen LogP contribution in [0.25, 0.3) is 0 Å². The molecule has 9 heavy (non-hydrogen) atoms. The van der Waals surface area contributed by atoms with Crippen molar-refractivity contribution in [1.29, 1.82) is 0 Å². The van der Waals surface area contributed by atoms with Crippen LogP contribution in [0, 0.1) is 0 Å². The van der Waals surface area contributed by atoms with E-state index in [0.29, 0.717) is 0 Å². The van der Waals surface area contributed by atoms with Crippen molar-refractivity contribution in [3.05, 3.63) is 0 Å². The van der Waals surface area contributed by atoms with Gasteiger partial charge in [0.25, 0.3) is 10.1 Å². The second-order valence-electron chi connectivity index (χ2n) is 1.41. The maximum atomic E-state index is 10.3. The van der Waals surface area contributed by atoms with Gasteiger partial charge >= 0.3 is 0 Å². The molecule has 0 heterocycles. The van der Waals surface area contributed by atoms with Gasteiger partial charge in [-0.25, -0.2) is 3.63 Å². The molecule has 0 saturated carbocycles. The van der Waals surface area contributed by atoms with E-state index in [1.54, 1.807) is 0 Å². The molecule has 1 N–H and O–H groups in total. The van der Waals surface area contributed by atoms with Crippen LogP contribution in [0.4, 0.5) is 0 Å². The molecule has 0 aliphatic heterocycles. The highest BCUT2D eigenvalue weighted by atomic mass is 32.3. The van der Waals surface area contributed by atoms with Gasteiger partial charge in [-0.05, 0) is 19.3 Å². The Hall–Kier alpha value is 0.220. The van der Waals surface area contributed by atoms with Crippen molar-refractivity contribution in [2.75, 3.05) is 12.4 Å². The molecule has 0 aromatic carbocycles. The number of hydrogen-bond donors (Lipinski definition) is 2. The summed E-state index contributed by atoms with van der Waals surface area (Å²) in [6, 6.07) is 0. The quantitative estimate of drug-likeness (QED) is 0.446. The molecule has 0 aliphatic rings. The van der Waals surface area contributed by atoms with Crippen LogP contribution in [0.15, 0.2) is 0 Å². The summed E-state index contributed by atoms with van der Waals surface area (Å²) in [7, 11) is -3.48. The molecule has 0 unspecified atom stereocenters. The van der Waals surface area contributed by atoms with Gasteiger partial charge in [0, 0.05) is 6.61 Å². The summed E-state index contributed by atoms with van der Waals surface area (Å²) in [4.78, 5) is 0.